The van der Waals surface area contributed by atoms with Gasteiger partial charge in [-0.15, -0.1) is 0 Å². The second-order valence-electron chi connectivity index (χ2n) is 2.06. The van der Waals surface area contributed by atoms with Crippen molar-refractivity contribution in [3.63, 3.8) is 0 Å². The molecule has 1 rings (SSSR count). The second kappa shape index (κ2) is 2.61. The zero-order chi connectivity index (χ0) is 8.43. The number of aromatic nitrogens is 2. The van der Waals surface area contributed by atoms with Crippen LogP contribution >= 0.6 is 0 Å². The highest BCUT2D eigenvalue weighted by Crippen LogP contribution is 2.02. The topological polar surface area (TPSA) is 70.1 Å². The maximum absolute atomic E-state index is 11.0. The molecule has 0 aliphatic heterocycles. The lowest BCUT2D eigenvalue weighted by Gasteiger charge is -2.03. The van der Waals surface area contributed by atoms with Gasteiger partial charge in [0.25, 0.3) is 5.56 Å². The predicted octanol–water partition coefficient (Wildman–Crippen LogP) is -0.629. The normalized spacial score (nSPS) is 9.64. The number of hydrogen-bond donors (Lipinski definition) is 1. The number of rotatable bonds is 1. The maximum atomic E-state index is 11.0. The summed E-state index contributed by atoms with van der Waals surface area (Å²) in [6, 6.07) is 1.46. The molecular weight excluding hydrogens is 146 g/mol. The van der Waals surface area contributed by atoms with E-state index in [1.54, 1.807) is 7.05 Å². The van der Waals surface area contributed by atoms with Gasteiger partial charge >= 0.3 is 6.01 Å². The molecule has 0 atom stereocenters. The van der Waals surface area contributed by atoms with Crippen molar-refractivity contribution in [3.05, 3.63) is 16.4 Å². The van der Waals surface area contributed by atoms with Crippen LogP contribution < -0.4 is 16.0 Å². The number of anilines is 1. The van der Waals surface area contributed by atoms with E-state index in [1.807, 2.05) is 0 Å². The zero-order valence-corrected chi connectivity index (χ0v) is 6.37. The Bertz CT molecular complexity index is 318. The van der Waals surface area contributed by atoms with Crippen molar-refractivity contribution >= 4 is 5.82 Å². The Hall–Kier alpha value is -1.52. The van der Waals surface area contributed by atoms with Crippen LogP contribution in [0.25, 0.3) is 0 Å². The van der Waals surface area contributed by atoms with Gasteiger partial charge in [0.15, 0.2) is 0 Å². The van der Waals surface area contributed by atoms with Crippen LogP contribution in [-0.2, 0) is 7.05 Å². The molecule has 5 nitrogen and oxygen atoms in total. The summed E-state index contributed by atoms with van der Waals surface area (Å²) < 4.78 is 6.05. The maximum Gasteiger partial charge on any atom is 0.300 e. The van der Waals surface area contributed by atoms with Crippen LogP contribution in [0.15, 0.2) is 10.9 Å². The third-order valence-corrected chi connectivity index (χ3v) is 1.30. The van der Waals surface area contributed by atoms with E-state index in [4.69, 9.17) is 10.5 Å². The van der Waals surface area contributed by atoms with Gasteiger partial charge in [0.1, 0.15) is 5.82 Å². The molecule has 11 heavy (non-hydrogen) atoms. The Kier molecular flexibility index (Phi) is 1.80. The van der Waals surface area contributed by atoms with Crippen molar-refractivity contribution in [1.29, 1.82) is 0 Å². The van der Waals surface area contributed by atoms with E-state index in [0.717, 1.165) is 0 Å². The minimum absolute atomic E-state index is 0.171. The first kappa shape index (κ1) is 7.59. The van der Waals surface area contributed by atoms with Gasteiger partial charge in [-0.1, -0.05) is 0 Å². The monoisotopic (exact) mass is 155 g/mol. The first-order valence-corrected chi connectivity index (χ1v) is 3.02. The summed E-state index contributed by atoms with van der Waals surface area (Å²) >= 11 is 0. The molecule has 0 aliphatic carbocycles. The van der Waals surface area contributed by atoms with Gasteiger partial charge in [0.05, 0.1) is 7.11 Å². The predicted molar refractivity (Wildman–Crippen MR) is 40.4 cm³/mol. The van der Waals surface area contributed by atoms with E-state index < -0.39 is 0 Å². The summed E-state index contributed by atoms with van der Waals surface area (Å²) in [4.78, 5) is 14.8. The molecule has 0 aromatic carbocycles. The van der Waals surface area contributed by atoms with Crippen LogP contribution in [0.1, 0.15) is 0 Å². The fourth-order valence-electron chi connectivity index (χ4n) is 0.718. The fourth-order valence-corrected chi connectivity index (χ4v) is 0.718. The summed E-state index contributed by atoms with van der Waals surface area (Å²) in [6.45, 7) is 0. The summed E-state index contributed by atoms with van der Waals surface area (Å²) in [7, 11) is 2.99. The van der Waals surface area contributed by atoms with Crippen molar-refractivity contribution in [2.75, 3.05) is 12.8 Å². The molecule has 2 N–H and O–H groups in total. The number of nitrogen functional groups attached to an aromatic ring is 1. The largest absolute Gasteiger partial charge is 0.468 e. The van der Waals surface area contributed by atoms with Gasteiger partial charge in [-0.25, -0.2) is 0 Å². The molecule has 0 saturated heterocycles. The molecule has 1 heterocycles. The summed E-state index contributed by atoms with van der Waals surface area (Å²) in [6.07, 6.45) is 0. The molecular formula is C6H9N3O2. The molecule has 0 fully saturated rings. The quantitative estimate of drug-likeness (QED) is 0.586. The third-order valence-electron chi connectivity index (χ3n) is 1.30. The van der Waals surface area contributed by atoms with Gasteiger partial charge in [-0.2, -0.15) is 4.98 Å². The van der Waals surface area contributed by atoms with Crippen molar-refractivity contribution < 1.29 is 4.74 Å². The molecule has 1 aromatic heterocycles. The standard InChI is InChI=1S/C6H9N3O2/c1-9-5(10)3-4(7)8-6(9)11-2/h3H,7H2,1-2H3. The highest BCUT2D eigenvalue weighted by Gasteiger charge is 2.01. The Balaban J connectivity index is 3.36. The molecule has 0 aliphatic rings. The van der Waals surface area contributed by atoms with Gasteiger partial charge < -0.3 is 10.5 Å². The number of hydrogen-bond acceptors (Lipinski definition) is 4. The van der Waals surface area contributed by atoms with Crippen LogP contribution in [0.4, 0.5) is 5.82 Å². The lowest BCUT2D eigenvalue weighted by Crippen LogP contribution is -2.19. The average molecular weight is 155 g/mol. The minimum Gasteiger partial charge on any atom is -0.468 e. The van der Waals surface area contributed by atoms with Crippen LogP contribution in [0, 0.1) is 0 Å². The van der Waals surface area contributed by atoms with Gasteiger partial charge in [0, 0.05) is 13.1 Å². The molecule has 0 spiro atoms. The van der Waals surface area contributed by atoms with Crippen LogP contribution in [0.2, 0.25) is 0 Å². The fraction of sp³-hybridized carbons (Fsp3) is 0.333. The Morgan fingerprint density at radius 3 is 2.91 bits per heavy atom. The molecule has 0 unspecified atom stereocenters. The van der Waals surface area contributed by atoms with E-state index >= 15 is 0 Å². The lowest BCUT2D eigenvalue weighted by molar-refractivity contribution is 0.357. The second-order valence-corrected chi connectivity index (χ2v) is 2.06. The van der Waals surface area contributed by atoms with E-state index in [9.17, 15) is 4.79 Å². The highest BCUT2D eigenvalue weighted by molar-refractivity contribution is 5.27. The van der Waals surface area contributed by atoms with Crippen LogP contribution in [0.3, 0.4) is 0 Å². The first-order valence-electron chi connectivity index (χ1n) is 3.02. The smallest absolute Gasteiger partial charge is 0.300 e. The summed E-state index contributed by atoms with van der Waals surface area (Å²) in [5, 5.41) is 0. The molecule has 60 valence electrons. The molecule has 0 saturated carbocycles. The van der Waals surface area contributed by atoms with Gasteiger partial charge in [-0.05, 0) is 0 Å². The van der Waals surface area contributed by atoms with Crippen molar-refractivity contribution in [1.82, 2.24) is 9.55 Å². The molecule has 0 amide bonds. The minimum atomic E-state index is -0.227. The van der Waals surface area contributed by atoms with E-state index in [1.165, 1.54) is 17.7 Å². The Morgan fingerprint density at radius 2 is 2.36 bits per heavy atom. The van der Waals surface area contributed by atoms with E-state index in [-0.39, 0.29) is 17.4 Å². The highest BCUT2D eigenvalue weighted by atomic mass is 16.5. The Labute approximate surface area is 63.4 Å². The van der Waals surface area contributed by atoms with Crippen LogP contribution in [-0.4, -0.2) is 16.7 Å². The van der Waals surface area contributed by atoms with Gasteiger partial charge in [0.2, 0.25) is 0 Å². The number of ether oxygens (including phenoxy) is 1. The Morgan fingerprint density at radius 1 is 1.73 bits per heavy atom. The first-order chi connectivity index (χ1) is 5.15. The van der Waals surface area contributed by atoms with Crippen molar-refractivity contribution in [2.24, 2.45) is 7.05 Å². The molecule has 0 radical (unpaired) electrons. The van der Waals surface area contributed by atoms with Crippen LogP contribution in [0.5, 0.6) is 6.01 Å². The molecule has 0 bridgehead atoms. The molecule has 5 heteroatoms. The number of nitrogens with two attached hydrogens (primary N) is 1. The summed E-state index contributed by atoms with van der Waals surface area (Å²) in [5.74, 6) is 0.171. The summed E-state index contributed by atoms with van der Waals surface area (Å²) in [5.41, 5.74) is 5.07. The van der Waals surface area contributed by atoms with E-state index in [0.29, 0.717) is 0 Å². The SMILES string of the molecule is COc1nc(N)cc(=O)n1C. The van der Waals surface area contributed by atoms with Crippen molar-refractivity contribution in [2.45, 2.75) is 0 Å². The van der Waals surface area contributed by atoms with E-state index in [2.05, 4.69) is 4.98 Å². The average Bonchev–Trinajstić information content (AvgIpc) is 1.96. The van der Waals surface area contributed by atoms with Crippen molar-refractivity contribution in [3.8, 4) is 6.01 Å². The van der Waals surface area contributed by atoms with Gasteiger partial charge in [-0.3, -0.25) is 9.36 Å². The lowest BCUT2D eigenvalue weighted by atomic mass is 10.6. The number of nitrogens with zero attached hydrogens (tertiary/aromatic N) is 2. The third kappa shape index (κ3) is 1.31. The number of methoxy groups -OCH3 is 1. The zero-order valence-electron chi connectivity index (χ0n) is 6.37. The molecule has 1 aromatic rings.